The van der Waals surface area contributed by atoms with E-state index in [1.54, 1.807) is 31.0 Å². The zero-order valence-corrected chi connectivity index (χ0v) is 19.6. The number of nitrogens with zero attached hydrogens (tertiary/aromatic N) is 3. The number of rotatable bonds is 10. The number of ether oxygens (including phenoxy) is 1. The third-order valence-electron chi connectivity index (χ3n) is 5.16. The summed E-state index contributed by atoms with van der Waals surface area (Å²) >= 11 is 1.56. The average Bonchev–Trinajstić information content (AvgIpc) is 3.31. The molecule has 3 aromatic carbocycles. The van der Waals surface area contributed by atoms with E-state index in [1.165, 1.54) is 12.1 Å². The van der Waals surface area contributed by atoms with Gasteiger partial charge in [-0.05, 0) is 48.4 Å². The molecule has 0 spiro atoms. The Bertz CT molecular complexity index is 1230. The van der Waals surface area contributed by atoms with Gasteiger partial charge in [-0.2, -0.15) is 0 Å². The van der Waals surface area contributed by atoms with Gasteiger partial charge in [0.05, 0.1) is 7.11 Å². The third kappa shape index (κ3) is 6.02. The van der Waals surface area contributed by atoms with Crippen LogP contribution in [0.2, 0.25) is 0 Å². The van der Waals surface area contributed by atoms with Crippen LogP contribution < -0.4 is 10.1 Å². The third-order valence-corrected chi connectivity index (χ3v) is 6.17. The molecule has 0 bridgehead atoms. The van der Waals surface area contributed by atoms with E-state index in [-0.39, 0.29) is 11.7 Å². The van der Waals surface area contributed by atoms with E-state index in [0.29, 0.717) is 25.1 Å². The number of thioether (sulfide) groups is 1. The molecule has 0 aliphatic carbocycles. The smallest absolute Gasteiger partial charge is 0.220 e. The number of hydrogen-bond acceptors (Lipinski definition) is 5. The van der Waals surface area contributed by atoms with E-state index in [4.69, 9.17) is 4.74 Å². The lowest BCUT2D eigenvalue weighted by Gasteiger charge is -2.11. The molecule has 6 nitrogen and oxygen atoms in total. The number of carbonyl (C=O) groups is 1. The van der Waals surface area contributed by atoms with Gasteiger partial charge in [-0.25, -0.2) is 4.39 Å². The first kappa shape index (κ1) is 23.5. The van der Waals surface area contributed by atoms with Crippen LogP contribution in [0.25, 0.3) is 17.1 Å². The monoisotopic (exact) mass is 476 g/mol. The van der Waals surface area contributed by atoms with E-state index < -0.39 is 0 Å². The largest absolute Gasteiger partial charge is 0.497 e. The lowest BCUT2D eigenvalue weighted by atomic mass is 10.2. The van der Waals surface area contributed by atoms with Crippen LogP contribution in [0.3, 0.4) is 0 Å². The number of aromatic nitrogens is 3. The molecule has 0 aliphatic rings. The summed E-state index contributed by atoms with van der Waals surface area (Å²) in [5.74, 6) is 1.87. The van der Waals surface area contributed by atoms with E-state index in [1.807, 2.05) is 59.2 Å². The quantitative estimate of drug-likeness (QED) is 0.249. The summed E-state index contributed by atoms with van der Waals surface area (Å²) in [6.07, 6.45) is 1.09. The minimum atomic E-state index is -0.287. The van der Waals surface area contributed by atoms with Crippen molar-refractivity contribution in [2.75, 3.05) is 12.9 Å². The van der Waals surface area contributed by atoms with Crippen LogP contribution in [0.4, 0.5) is 4.39 Å². The number of halogens is 1. The highest BCUT2D eigenvalue weighted by atomic mass is 32.2. The second kappa shape index (κ2) is 11.5. The Morgan fingerprint density at radius 1 is 1.03 bits per heavy atom. The molecule has 1 amide bonds. The van der Waals surface area contributed by atoms with Gasteiger partial charge < -0.3 is 10.1 Å². The Morgan fingerprint density at radius 2 is 1.82 bits per heavy atom. The van der Waals surface area contributed by atoms with Crippen molar-refractivity contribution in [1.29, 1.82) is 0 Å². The van der Waals surface area contributed by atoms with Crippen molar-refractivity contribution in [3.05, 3.63) is 90.2 Å². The van der Waals surface area contributed by atoms with Gasteiger partial charge in [-0.1, -0.05) is 54.2 Å². The fourth-order valence-corrected chi connectivity index (χ4v) is 4.30. The second-order valence-electron chi connectivity index (χ2n) is 7.56. The van der Waals surface area contributed by atoms with Crippen molar-refractivity contribution in [2.45, 2.75) is 24.5 Å². The summed E-state index contributed by atoms with van der Waals surface area (Å²) in [4.78, 5) is 12.2. The van der Waals surface area contributed by atoms with Crippen LogP contribution in [-0.4, -0.2) is 33.5 Å². The number of para-hydroxylation sites is 1. The van der Waals surface area contributed by atoms with Gasteiger partial charge in [0.2, 0.25) is 5.91 Å². The van der Waals surface area contributed by atoms with Crippen LogP contribution in [-0.2, 0) is 11.3 Å². The van der Waals surface area contributed by atoms with Crippen LogP contribution in [0.1, 0.15) is 18.4 Å². The van der Waals surface area contributed by atoms with Crippen LogP contribution >= 0.6 is 11.8 Å². The summed E-state index contributed by atoms with van der Waals surface area (Å²) in [6, 6.07) is 23.8. The van der Waals surface area contributed by atoms with Gasteiger partial charge in [-0.3, -0.25) is 9.36 Å². The highest BCUT2D eigenvalue weighted by molar-refractivity contribution is 7.99. The number of carbonyl (C=O) groups excluding carboxylic acids is 1. The number of methoxy groups -OCH3 is 1. The van der Waals surface area contributed by atoms with Crippen molar-refractivity contribution in [3.8, 4) is 22.8 Å². The predicted octanol–water partition coefficient (Wildman–Crippen LogP) is 5.27. The molecule has 0 unspecified atom stereocenters. The molecule has 0 saturated carbocycles. The molecular weight excluding hydrogens is 451 g/mol. The van der Waals surface area contributed by atoms with E-state index >= 15 is 0 Å². The first-order valence-electron chi connectivity index (χ1n) is 10.9. The molecule has 0 radical (unpaired) electrons. The normalized spacial score (nSPS) is 10.8. The Labute approximate surface area is 202 Å². The highest BCUT2D eigenvalue weighted by Crippen LogP contribution is 2.30. The zero-order valence-electron chi connectivity index (χ0n) is 18.8. The molecule has 8 heteroatoms. The van der Waals surface area contributed by atoms with Gasteiger partial charge in [0, 0.05) is 30.0 Å². The summed E-state index contributed by atoms with van der Waals surface area (Å²) in [7, 11) is 1.64. The molecule has 1 aromatic heterocycles. The molecule has 174 valence electrons. The molecule has 0 saturated heterocycles. The fraction of sp³-hybridized carbons (Fsp3) is 0.192. The molecule has 34 heavy (non-hydrogen) atoms. The van der Waals surface area contributed by atoms with E-state index in [9.17, 15) is 9.18 Å². The molecule has 1 N–H and O–H groups in total. The average molecular weight is 477 g/mol. The molecule has 0 atom stereocenters. The molecule has 4 rings (SSSR count). The maximum atomic E-state index is 13.0. The maximum absolute atomic E-state index is 13.0. The maximum Gasteiger partial charge on any atom is 0.220 e. The standard InChI is InChI=1S/C26H25FN4O2S/c1-33-23-10-5-7-20(17-23)25-29-30-26(31(25)22-8-3-2-4-9-22)34-16-6-11-24(32)28-18-19-12-14-21(27)15-13-19/h2-5,7-10,12-15,17H,6,11,16,18H2,1H3,(H,28,32). The SMILES string of the molecule is COc1cccc(-c2nnc(SCCCC(=O)NCc3ccc(F)cc3)n2-c2ccccc2)c1. The Hall–Kier alpha value is -3.65. The van der Waals surface area contributed by atoms with Gasteiger partial charge >= 0.3 is 0 Å². The number of amides is 1. The van der Waals surface area contributed by atoms with Gasteiger partial charge in [0.25, 0.3) is 0 Å². The van der Waals surface area contributed by atoms with Crippen molar-refractivity contribution >= 4 is 17.7 Å². The molecule has 4 aromatic rings. The van der Waals surface area contributed by atoms with Gasteiger partial charge in [0.15, 0.2) is 11.0 Å². The van der Waals surface area contributed by atoms with Crippen molar-refractivity contribution in [1.82, 2.24) is 20.1 Å². The minimum absolute atomic E-state index is 0.0356. The topological polar surface area (TPSA) is 69.0 Å². The fourth-order valence-electron chi connectivity index (χ4n) is 3.41. The Kier molecular flexibility index (Phi) is 7.93. The molecule has 0 fully saturated rings. The second-order valence-corrected chi connectivity index (χ2v) is 8.63. The van der Waals surface area contributed by atoms with E-state index in [2.05, 4.69) is 15.5 Å². The summed E-state index contributed by atoms with van der Waals surface area (Å²) in [5.41, 5.74) is 2.73. The molecule has 0 aliphatic heterocycles. The predicted molar refractivity (Wildman–Crippen MR) is 132 cm³/mol. The van der Waals surface area contributed by atoms with Crippen LogP contribution in [0.15, 0.2) is 84.0 Å². The summed E-state index contributed by atoms with van der Waals surface area (Å²) < 4.78 is 20.4. The van der Waals surface area contributed by atoms with Gasteiger partial charge in [-0.15, -0.1) is 10.2 Å². The van der Waals surface area contributed by atoms with Crippen molar-refractivity contribution < 1.29 is 13.9 Å². The molecular formula is C26H25FN4O2S. The molecule has 1 heterocycles. The Morgan fingerprint density at radius 3 is 2.59 bits per heavy atom. The van der Waals surface area contributed by atoms with Gasteiger partial charge in [0.1, 0.15) is 11.6 Å². The summed E-state index contributed by atoms with van der Waals surface area (Å²) in [5, 5.41) is 12.5. The first-order chi connectivity index (χ1) is 16.6. The van der Waals surface area contributed by atoms with Crippen molar-refractivity contribution in [3.63, 3.8) is 0 Å². The zero-order chi connectivity index (χ0) is 23.8. The van der Waals surface area contributed by atoms with E-state index in [0.717, 1.165) is 33.5 Å². The summed E-state index contributed by atoms with van der Waals surface area (Å²) in [6.45, 7) is 0.387. The first-order valence-corrected chi connectivity index (χ1v) is 11.9. The lowest BCUT2D eigenvalue weighted by Crippen LogP contribution is -2.22. The van der Waals surface area contributed by atoms with Crippen LogP contribution in [0, 0.1) is 5.82 Å². The Balaban J connectivity index is 1.39. The number of nitrogens with one attached hydrogen (secondary N) is 1. The van der Waals surface area contributed by atoms with Crippen molar-refractivity contribution in [2.24, 2.45) is 0 Å². The lowest BCUT2D eigenvalue weighted by molar-refractivity contribution is -0.121. The number of hydrogen-bond donors (Lipinski definition) is 1. The number of benzene rings is 3. The minimum Gasteiger partial charge on any atom is -0.497 e. The highest BCUT2D eigenvalue weighted by Gasteiger charge is 2.16. The van der Waals surface area contributed by atoms with Crippen LogP contribution in [0.5, 0.6) is 5.75 Å².